The predicted molar refractivity (Wildman–Crippen MR) is 113 cm³/mol. The molecule has 0 aliphatic heterocycles. The summed E-state index contributed by atoms with van der Waals surface area (Å²) in [7, 11) is 0. The number of alkyl halides is 3. The van der Waals surface area contributed by atoms with Crippen LogP contribution in [0.1, 0.15) is 49.3 Å². The summed E-state index contributed by atoms with van der Waals surface area (Å²) in [5.74, 6) is -2.83. The average molecular weight is 439 g/mol. The van der Waals surface area contributed by atoms with E-state index in [9.17, 15) is 13.6 Å². The Morgan fingerprint density at radius 3 is 2.56 bits per heavy atom. The Bertz CT molecular complexity index is 1310. The van der Waals surface area contributed by atoms with Crippen LogP contribution in [0.5, 0.6) is 0 Å². The van der Waals surface area contributed by atoms with E-state index >= 15 is 4.39 Å². The molecule has 0 amide bonds. The van der Waals surface area contributed by atoms with Crippen LogP contribution in [-0.2, 0) is 0 Å². The number of H-pyrrole nitrogens is 1. The minimum atomic E-state index is -2.68. The number of hydrogen-bond donors (Lipinski definition) is 1. The van der Waals surface area contributed by atoms with E-state index in [0.717, 1.165) is 5.56 Å². The molecule has 6 nitrogen and oxygen atoms in total. The van der Waals surface area contributed by atoms with E-state index in [-0.39, 0.29) is 48.6 Å². The lowest BCUT2D eigenvalue weighted by Crippen LogP contribution is -2.27. The number of benzene rings is 1. The van der Waals surface area contributed by atoms with Crippen LogP contribution in [0.3, 0.4) is 0 Å². The first kappa shape index (κ1) is 20.4. The van der Waals surface area contributed by atoms with Crippen molar-refractivity contribution in [2.45, 2.75) is 43.8 Å². The van der Waals surface area contributed by atoms with Gasteiger partial charge in [-0.3, -0.25) is 9.78 Å². The summed E-state index contributed by atoms with van der Waals surface area (Å²) in [5.41, 5.74) is 1.50. The molecule has 1 atom stereocenters. The highest BCUT2D eigenvalue weighted by Crippen LogP contribution is 2.39. The standard InChI is InChI=1S/C23H20F3N5O/c24-19(17-4-2-1-3-16(17)14-7-11-27-12-8-14)20-29-21-18(22(32)30-20)13-28-31(21)15-5-9-23(25,26)10-6-15/h1-4,7-8,11-13,15,19H,5-6,9-10H2,(H,29,30,32). The number of aromatic nitrogens is 5. The second-order valence-corrected chi connectivity index (χ2v) is 8.05. The van der Waals surface area contributed by atoms with Crippen LogP contribution in [0.4, 0.5) is 13.2 Å². The van der Waals surface area contributed by atoms with Gasteiger partial charge in [0.05, 0.1) is 12.2 Å². The molecule has 5 rings (SSSR count). The smallest absolute Gasteiger partial charge is 0.262 e. The Labute approximate surface area is 181 Å². The zero-order valence-corrected chi connectivity index (χ0v) is 17.0. The largest absolute Gasteiger partial charge is 0.307 e. The maximum atomic E-state index is 15.7. The molecule has 1 saturated carbocycles. The molecule has 1 aliphatic carbocycles. The van der Waals surface area contributed by atoms with Crippen molar-refractivity contribution in [3.8, 4) is 11.1 Å². The van der Waals surface area contributed by atoms with E-state index in [1.165, 1.54) is 10.9 Å². The van der Waals surface area contributed by atoms with Gasteiger partial charge in [0.15, 0.2) is 17.6 Å². The minimum absolute atomic E-state index is 0.146. The van der Waals surface area contributed by atoms with Gasteiger partial charge in [0.2, 0.25) is 5.92 Å². The maximum absolute atomic E-state index is 15.7. The molecule has 0 spiro atoms. The van der Waals surface area contributed by atoms with E-state index < -0.39 is 17.7 Å². The lowest BCUT2D eigenvalue weighted by molar-refractivity contribution is -0.0446. The quantitative estimate of drug-likeness (QED) is 0.486. The summed E-state index contributed by atoms with van der Waals surface area (Å²) < 4.78 is 44.4. The SMILES string of the molecule is O=c1[nH]c(C(F)c2ccccc2-c2ccncc2)nc2c1cnn2C1CCC(F)(F)CC1. The van der Waals surface area contributed by atoms with E-state index in [1.807, 2.05) is 0 Å². The fourth-order valence-electron chi connectivity index (χ4n) is 4.27. The highest BCUT2D eigenvalue weighted by atomic mass is 19.3. The van der Waals surface area contributed by atoms with Crippen molar-refractivity contribution in [3.63, 3.8) is 0 Å². The van der Waals surface area contributed by atoms with E-state index in [0.29, 0.717) is 11.1 Å². The van der Waals surface area contributed by atoms with Crippen molar-refractivity contribution in [1.82, 2.24) is 24.7 Å². The fraction of sp³-hybridized carbons (Fsp3) is 0.304. The third-order valence-electron chi connectivity index (χ3n) is 5.98. The number of halogens is 3. The summed E-state index contributed by atoms with van der Waals surface area (Å²) in [6, 6.07) is 10.2. The number of nitrogens with zero attached hydrogens (tertiary/aromatic N) is 4. The van der Waals surface area contributed by atoms with Gasteiger partial charge in [-0.1, -0.05) is 24.3 Å². The molecule has 32 heavy (non-hydrogen) atoms. The molecule has 3 heterocycles. The Kier molecular flexibility index (Phi) is 5.03. The van der Waals surface area contributed by atoms with Crippen LogP contribution in [0, 0.1) is 0 Å². The molecular formula is C23H20F3N5O. The number of aromatic amines is 1. The second kappa shape index (κ2) is 7.89. The Morgan fingerprint density at radius 1 is 1.09 bits per heavy atom. The van der Waals surface area contributed by atoms with Crippen LogP contribution in [0.15, 0.2) is 59.8 Å². The third kappa shape index (κ3) is 3.68. The molecule has 1 aromatic carbocycles. The maximum Gasteiger partial charge on any atom is 0.262 e. The van der Waals surface area contributed by atoms with Crippen LogP contribution < -0.4 is 5.56 Å². The summed E-state index contributed by atoms with van der Waals surface area (Å²) in [6.45, 7) is 0. The van der Waals surface area contributed by atoms with Gasteiger partial charge in [-0.25, -0.2) is 22.8 Å². The summed E-state index contributed by atoms with van der Waals surface area (Å²) in [6.07, 6.45) is 2.84. The van der Waals surface area contributed by atoms with Crippen LogP contribution >= 0.6 is 0 Å². The Balaban J connectivity index is 1.55. The van der Waals surface area contributed by atoms with E-state index in [1.54, 1.807) is 48.8 Å². The molecule has 1 N–H and O–H groups in total. The lowest BCUT2D eigenvalue weighted by atomic mass is 9.92. The highest BCUT2D eigenvalue weighted by molar-refractivity contribution is 5.73. The van der Waals surface area contributed by atoms with Gasteiger partial charge in [0.1, 0.15) is 5.39 Å². The van der Waals surface area contributed by atoms with Gasteiger partial charge in [-0.15, -0.1) is 0 Å². The number of nitrogens with one attached hydrogen (secondary N) is 1. The number of hydrogen-bond acceptors (Lipinski definition) is 4. The highest BCUT2D eigenvalue weighted by Gasteiger charge is 2.36. The molecule has 164 valence electrons. The van der Waals surface area contributed by atoms with Crippen LogP contribution in [0.2, 0.25) is 0 Å². The zero-order valence-electron chi connectivity index (χ0n) is 17.0. The molecule has 0 bridgehead atoms. The molecule has 0 radical (unpaired) electrons. The zero-order chi connectivity index (χ0) is 22.3. The Morgan fingerprint density at radius 2 is 1.81 bits per heavy atom. The second-order valence-electron chi connectivity index (χ2n) is 8.05. The van der Waals surface area contributed by atoms with E-state index in [4.69, 9.17) is 0 Å². The van der Waals surface area contributed by atoms with Gasteiger partial charge in [-0.2, -0.15) is 5.10 Å². The van der Waals surface area contributed by atoms with Crippen molar-refractivity contribution in [1.29, 1.82) is 0 Å². The first-order valence-corrected chi connectivity index (χ1v) is 10.4. The molecule has 4 aromatic rings. The molecule has 1 aliphatic rings. The lowest BCUT2D eigenvalue weighted by Gasteiger charge is -2.28. The third-order valence-corrected chi connectivity index (χ3v) is 5.98. The van der Waals surface area contributed by atoms with Crippen molar-refractivity contribution in [2.75, 3.05) is 0 Å². The first-order valence-electron chi connectivity index (χ1n) is 10.4. The molecule has 9 heteroatoms. The Hall–Kier alpha value is -3.49. The van der Waals surface area contributed by atoms with Gasteiger partial charge in [-0.05, 0) is 36.1 Å². The van der Waals surface area contributed by atoms with Crippen molar-refractivity contribution in [2.24, 2.45) is 0 Å². The normalized spacial score (nSPS) is 17.5. The predicted octanol–water partition coefficient (Wildman–Crippen LogP) is 4.99. The van der Waals surface area contributed by atoms with Gasteiger partial charge in [0.25, 0.3) is 5.56 Å². The molecular weight excluding hydrogens is 419 g/mol. The molecule has 1 unspecified atom stereocenters. The van der Waals surface area contributed by atoms with E-state index in [2.05, 4.69) is 20.1 Å². The summed E-state index contributed by atoms with van der Waals surface area (Å²) in [5, 5.41) is 4.43. The summed E-state index contributed by atoms with van der Waals surface area (Å²) >= 11 is 0. The topological polar surface area (TPSA) is 76.5 Å². The molecule has 3 aromatic heterocycles. The van der Waals surface area contributed by atoms with Crippen LogP contribution in [0.25, 0.3) is 22.2 Å². The minimum Gasteiger partial charge on any atom is -0.307 e. The monoisotopic (exact) mass is 439 g/mol. The molecule has 1 fully saturated rings. The van der Waals surface area contributed by atoms with Crippen molar-refractivity contribution < 1.29 is 13.2 Å². The van der Waals surface area contributed by atoms with Crippen molar-refractivity contribution in [3.05, 3.63) is 76.7 Å². The average Bonchev–Trinajstić information content (AvgIpc) is 3.24. The number of pyridine rings is 1. The first-order chi connectivity index (χ1) is 15.4. The van der Waals surface area contributed by atoms with Gasteiger partial charge < -0.3 is 4.98 Å². The number of rotatable bonds is 4. The van der Waals surface area contributed by atoms with Crippen LogP contribution in [-0.4, -0.2) is 30.7 Å². The van der Waals surface area contributed by atoms with Crippen molar-refractivity contribution >= 4 is 11.0 Å². The van der Waals surface area contributed by atoms with Gasteiger partial charge >= 0.3 is 0 Å². The summed E-state index contributed by atoms with van der Waals surface area (Å²) in [4.78, 5) is 23.6. The fourth-order valence-corrected chi connectivity index (χ4v) is 4.27. The number of fused-ring (bicyclic) bond motifs is 1. The molecule has 0 saturated heterocycles. The van der Waals surface area contributed by atoms with Gasteiger partial charge in [0, 0.05) is 30.8 Å².